The molecule has 4 nitrogen and oxygen atoms in total. The fourth-order valence-corrected chi connectivity index (χ4v) is 5.84. The van der Waals surface area contributed by atoms with Gasteiger partial charge in [0.25, 0.3) is 0 Å². The molecule has 0 spiro atoms. The number of hydrogen-bond donors (Lipinski definition) is 1. The van der Waals surface area contributed by atoms with Crippen molar-refractivity contribution >= 4 is 21.9 Å². The molecule has 2 fully saturated rings. The van der Waals surface area contributed by atoms with Crippen LogP contribution in [0.3, 0.4) is 0 Å². The summed E-state index contributed by atoms with van der Waals surface area (Å²) in [5.74, 6) is 1.43. The van der Waals surface area contributed by atoms with Crippen molar-refractivity contribution in [1.82, 2.24) is 0 Å². The van der Waals surface area contributed by atoms with E-state index in [2.05, 4.69) is 22.9 Å². The molecule has 2 rings (SSSR count). The lowest BCUT2D eigenvalue weighted by Crippen LogP contribution is -2.25. The van der Waals surface area contributed by atoms with Gasteiger partial charge >= 0.3 is 5.97 Å². The molecule has 1 aliphatic heterocycles. The Bertz CT molecular complexity index is 491. The molecule has 170 valence electrons. The van der Waals surface area contributed by atoms with E-state index in [-0.39, 0.29) is 23.0 Å². The monoisotopic (exact) mass is 478 g/mol. The van der Waals surface area contributed by atoms with Crippen LogP contribution < -0.4 is 0 Å². The fraction of sp³-hybridized carbons (Fsp3) is 0.957. The highest BCUT2D eigenvalue weighted by Gasteiger charge is 2.48. The van der Waals surface area contributed by atoms with Crippen molar-refractivity contribution < 1.29 is 23.8 Å². The summed E-state index contributed by atoms with van der Waals surface area (Å²) in [6.07, 6.45) is 6.42. The van der Waals surface area contributed by atoms with E-state index in [1.807, 2.05) is 13.8 Å². The predicted molar refractivity (Wildman–Crippen MR) is 117 cm³/mol. The third-order valence-electron chi connectivity index (χ3n) is 6.83. The van der Waals surface area contributed by atoms with Crippen LogP contribution in [0.2, 0.25) is 0 Å². The van der Waals surface area contributed by atoms with Crippen molar-refractivity contribution in [1.29, 1.82) is 0 Å². The van der Waals surface area contributed by atoms with Crippen LogP contribution in [0.1, 0.15) is 85.0 Å². The Morgan fingerprint density at radius 1 is 1.24 bits per heavy atom. The van der Waals surface area contributed by atoms with E-state index in [4.69, 9.17) is 9.47 Å². The van der Waals surface area contributed by atoms with Crippen LogP contribution in [-0.4, -0.2) is 47.0 Å². The summed E-state index contributed by atoms with van der Waals surface area (Å²) in [6.45, 7) is 6.57. The molecule has 8 atom stereocenters. The minimum atomic E-state index is -1.10. The van der Waals surface area contributed by atoms with Gasteiger partial charge in [-0.2, -0.15) is 0 Å². The first-order chi connectivity index (χ1) is 13.9. The number of carbonyl (C=O) groups is 1. The van der Waals surface area contributed by atoms with Gasteiger partial charge in [-0.05, 0) is 69.6 Å². The summed E-state index contributed by atoms with van der Waals surface area (Å²) < 4.78 is 25.4. The molecule has 0 aromatic carbocycles. The first-order valence-electron chi connectivity index (χ1n) is 11.6. The van der Waals surface area contributed by atoms with Crippen molar-refractivity contribution in [3.05, 3.63) is 0 Å². The van der Waals surface area contributed by atoms with Crippen LogP contribution in [0, 0.1) is 17.8 Å². The lowest BCUT2D eigenvalue weighted by Gasteiger charge is -2.25. The number of alkyl halides is 2. The van der Waals surface area contributed by atoms with E-state index in [9.17, 15) is 14.3 Å². The first-order valence-corrected chi connectivity index (χ1v) is 12.6. The number of unbranched alkanes of at least 4 members (excludes halogenated alkanes) is 1. The zero-order chi connectivity index (χ0) is 21.4. The van der Waals surface area contributed by atoms with Crippen LogP contribution in [0.25, 0.3) is 0 Å². The fourth-order valence-electron chi connectivity index (χ4n) is 5.17. The molecule has 0 aromatic rings. The van der Waals surface area contributed by atoms with E-state index in [1.165, 1.54) is 0 Å². The van der Waals surface area contributed by atoms with Gasteiger partial charge in [-0.1, -0.05) is 42.6 Å². The summed E-state index contributed by atoms with van der Waals surface area (Å²) >= 11 is 3.78. The van der Waals surface area contributed by atoms with Crippen molar-refractivity contribution in [2.45, 2.75) is 114 Å². The SMILES string of the molecule is CCCCC(F)C(O)CC[C@H]1C(C)CC2OC(C(Br)CCCC(=O)OCC)CC21. The van der Waals surface area contributed by atoms with Crippen molar-refractivity contribution in [2.24, 2.45) is 17.8 Å². The molecule has 1 N–H and O–H groups in total. The summed E-state index contributed by atoms with van der Waals surface area (Å²) in [5, 5.41) is 10.2. The molecule has 1 saturated heterocycles. The Morgan fingerprint density at radius 3 is 2.69 bits per heavy atom. The Labute approximate surface area is 184 Å². The maximum atomic E-state index is 14.1. The van der Waals surface area contributed by atoms with Gasteiger partial charge in [0, 0.05) is 11.2 Å². The highest BCUT2D eigenvalue weighted by atomic mass is 79.9. The highest BCUT2D eigenvalue weighted by molar-refractivity contribution is 9.09. The van der Waals surface area contributed by atoms with Crippen LogP contribution in [0.15, 0.2) is 0 Å². The molecule has 1 saturated carbocycles. The van der Waals surface area contributed by atoms with Gasteiger partial charge in [0.1, 0.15) is 6.17 Å². The minimum absolute atomic E-state index is 0.131. The number of aliphatic hydroxyl groups is 1. The number of aliphatic hydroxyl groups excluding tert-OH is 1. The number of hydrogen-bond acceptors (Lipinski definition) is 4. The average Bonchev–Trinajstić information content (AvgIpc) is 3.21. The van der Waals surface area contributed by atoms with Gasteiger partial charge in [-0.15, -0.1) is 0 Å². The molecule has 7 unspecified atom stereocenters. The van der Waals surface area contributed by atoms with Crippen molar-refractivity contribution in [2.75, 3.05) is 6.61 Å². The highest BCUT2D eigenvalue weighted by Crippen LogP contribution is 2.49. The van der Waals surface area contributed by atoms with Crippen molar-refractivity contribution in [3.8, 4) is 0 Å². The quantitative estimate of drug-likeness (QED) is 0.277. The zero-order valence-corrected chi connectivity index (χ0v) is 19.9. The van der Waals surface area contributed by atoms with Gasteiger partial charge in [0.15, 0.2) is 0 Å². The molecule has 2 aliphatic rings. The zero-order valence-electron chi connectivity index (χ0n) is 18.3. The van der Waals surface area contributed by atoms with E-state index in [0.29, 0.717) is 43.6 Å². The second-order valence-corrected chi connectivity index (χ2v) is 10.2. The number of halogens is 2. The molecular weight excluding hydrogens is 439 g/mol. The summed E-state index contributed by atoms with van der Waals surface area (Å²) in [4.78, 5) is 11.7. The lowest BCUT2D eigenvalue weighted by molar-refractivity contribution is -0.143. The van der Waals surface area contributed by atoms with Gasteiger partial charge in [-0.3, -0.25) is 4.79 Å². The molecule has 1 aliphatic carbocycles. The Morgan fingerprint density at radius 2 is 2.00 bits per heavy atom. The number of carbonyl (C=O) groups excluding carboxylic acids is 1. The number of ether oxygens (including phenoxy) is 2. The second-order valence-electron chi connectivity index (χ2n) is 9.01. The number of rotatable bonds is 13. The summed E-state index contributed by atoms with van der Waals surface area (Å²) in [7, 11) is 0. The summed E-state index contributed by atoms with van der Waals surface area (Å²) in [6, 6.07) is 0. The molecule has 0 radical (unpaired) electrons. The largest absolute Gasteiger partial charge is 0.466 e. The van der Waals surface area contributed by atoms with Crippen molar-refractivity contribution in [3.63, 3.8) is 0 Å². The minimum Gasteiger partial charge on any atom is -0.466 e. The molecule has 6 heteroatoms. The molecule has 0 bridgehead atoms. The smallest absolute Gasteiger partial charge is 0.305 e. The van der Waals surface area contributed by atoms with E-state index in [1.54, 1.807) is 0 Å². The van der Waals surface area contributed by atoms with Crippen LogP contribution in [0.5, 0.6) is 0 Å². The predicted octanol–water partition coefficient (Wildman–Crippen LogP) is 5.58. The normalized spacial score (nSPS) is 32.0. The number of esters is 1. The van der Waals surface area contributed by atoms with Gasteiger partial charge in [-0.25, -0.2) is 4.39 Å². The molecule has 0 aromatic heterocycles. The third kappa shape index (κ3) is 7.46. The molecule has 0 amide bonds. The summed E-state index contributed by atoms with van der Waals surface area (Å²) in [5.41, 5.74) is 0. The molecule has 1 heterocycles. The van der Waals surface area contributed by atoms with Gasteiger partial charge < -0.3 is 14.6 Å². The van der Waals surface area contributed by atoms with Gasteiger partial charge in [0.2, 0.25) is 0 Å². The van der Waals surface area contributed by atoms with Crippen LogP contribution in [0.4, 0.5) is 4.39 Å². The lowest BCUT2D eigenvalue weighted by atomic mass is 9.82. The molecule has 29 heavy (non-hydrogen) atoms. The van der Waals surface area contributed by atoms with E-state index >= 15 is 0 Å². The van der Waals surface area contributed by atoms with Crippen LogP contribution in [-0.2, 0) is 14.3 Å². The Kier molecular flexibility index (Phi) is 10.9. The number of fused-ring (bicyclic) bond motifs is 1. The van der Waals surface area contributed by atoms with E-state index < -0.39 is 12.3 Å². The van der Waals surface area contributed by atoms with Crippen LogP contribution >= 0.6 is 15.9 Å². The standard InChI is InChI=1S/C23H40BrFO4/c1-4-6-9-19(25)20(26)12-11-16-15(3)13-21-17(16)14-22(29-21)18(24)8-7-10-23(27)28-5-2/h15-22,26H,4-14H2,1-3H3/t15?,16-,17?,18?,19?,20?,21?,22?/m0/s1. The van der Waals surface area contributed by atoms with Gasteiger partial charge in [0.05, 0.1) is 24.9 Å². The third-order valence-corrected chi connectivity index (χ3v) is 7.88. The maximum Gasteiger partial charge on any atom is 0.305 e. The maximum absolute atomic E-state index is 14.1. The Balaban J connectivity index is 1.76. The first kappa shape index (κ1) is 25.1. The Hall–Kier alpha value is -0.200. The van der Waals surface area contributed by atoms with E-state index in [0.717, 1.165) is 44.9 Å². The molecular formula is C23H40BrFO4. The second kappa shape index (κ2) is 12.6. The topological polar surface area (TPSA) is 55.8 Å². The average molecular weight is 479 g/mol.